The first kappa shape index (κ1) is 19.4. The van der Waals surface area contributed by atoms with Crippen molar-refractivity contribution >= 4 is 0 Å². The molecule has 0 saturated carbocycles. The first-order chi connectivity index (χ1) is 9.91. The molecule has 0 aliphatic carbocycles. The van der Waals surface area contributed by atoms with Crippen LogP contribution in [0.25, 0.3) is 0 Å². The van der Waals surface area contributed by atoms with Gasteiger partial charge in [0.1, 0.15) is 0 Å². The standard InChI is InChI=1S/C19H37N/c1-3-5-7-8-9-10-11-12-13-14-15-17-19-20-18-16-6-4-2/h3-4,20H,1-2,5-19H2. The van der Waals surface area contributed by atoms with Crippen LogP contribution in [0.3, 0.4) is 0 Å². The van der Waals surface area contributed by atoms with Crippen LogP contribution in [0.5, 0.6) is 0 Å². The second-order valence-electron chi connectivity index (χ2n) is 5.79. The van der Waals surface area contributed by atoms with Crippen molar-refractivity contribution in [2.75, 3.05) is 13.1 Å². The number of allylic oxidation sites excluding steroid dienone is 2. The molecule has 20 heavy (non-hydrogen) atoms. The van der Waals surface area contributed by atoms with Gasteiger partial charge in [-0.05, 0) is 45.2 Å². The van der Waals surface area contributed by atoms with E-state index in [1.807, 2.05) is 12.2 Å². The van der Waals surface area contributed by atoms with E-state index in [4.69, 9.17) is 0 Å². The highest BCUT2D eigenvalue weighted by atomic mass is 14.8. The number of unbranched alkanes of at least 4 members (excludes halogenated alkanes) is 11. The van der Waals surface area contributed by atoms with Gasteiger partial charge >= 0.3 is 0 Å². The van der Waals surface area contributed by atoms with Crippen molar-refractivity contribution < 1.29 is 0 Å². The molecule has 0 aromatic rings. The van der Waals surface area contributed by atoms with Crippen LogP contribution < -0.4 is 5.32 Å². The molecule has 0 atom stereocenters. The number of hydrogen-bond donors (Lipinski definition) is 1. The highest BCUT2D eigenvalue weighted by Gasteiger charge is 1.93. The van der Waals surface area contributed by atoms with E-state index < -0.39 is 0 Å². The zero-order chi connectivity index (χ0) is 14.7. The summed E-state index contributed by atoms with van der Waals surface area (Å²) < 4.78 is 0. The van der Waals surface area contributed by atoms with E-state index in [0.717, 1.165) is 13.0 Å². The largest absolute Gasteiger partial charge is 0.317 e. The fourth-order valence-corrected chi connectivity index (χ4v) is 2.45. The second kappa shape index (κ2) is 18.4. The minimum Gasteiger partial charge on any atom is -0.317 e. The summed E-state index contributed by atoms with van der Waals surface area (Å²) in [6, 6.07) is 0. The van der Waals surface area contributed by atoms with Crippen LogP contribution in [0.2, 0.25) is 0 Å². The van der Waals surface area contributed by atoms with E-state index in [1.54, 1.807) is 0 Å². The van der Waals surface area contributed by atoms with Gasteiger partial charge in [0.25, 0.3) is 0 Å². The molecule has 0 amide bonds. The predicted octanol–water partition coefficient (Wildman–Crippen LogP) is 6.02. The first-order valence-electron chi connectivity index (χ1n) is 8.84. The van der Waals surface area contributed by atoms with E-state index in [2.05, 4.69) is 18.5 Å². The fourth-order valence-electron chi connectivity index (χ4n) is 2.45. The van der Waals surface area contributed by atoms with Crippen molar-refractivity contribution in [1.82, 2.24) is 5.32 Å². The number of rotatable bonds is 17. The Hall–Kier alpha value is -0.560. The summed E-state index contributed by atoms with van der Waals surface area (Å²) in [7, 11) is 0. The van der Waals surface area contributed by atoms with Gasteiger partial charge < -0.3 is 5.32 Å². The molecule has 0 aliphatic rings. The third-order valence-corrected chi connectivity index (χ3v) is 3.77. The van der Waals surface area contributed by atoms with Crippen molar-refractivity contribution in [3.63, 3.8) is 0 Å². The van der Waals surface area contributed by atoms with Crippen LogP contribution in [0.1, 0.15) is 83.5 Å². The lowest BCUT2D eigenvalue weighted by molar-refractivity contribution is 0.539. The van der Waals surface area contributed by atoms with Gasteiger partial charge in [-0.3, -0.25) is 0 Å². The average molecular weight is 280 g/mol. The Labute approximate surface area is 127 Å². The number of hydrogen-bond acceptors (Lipinski definition) is 1. The number of nitrogens with one attached hydrogen (secondary N) is 1. The molecule has 0 unspecified atom stereocenters. The maximum Gasteiger partial charge on any atom is -0.00460 e. The quantitative estimate of drug-likeness (QED) is 0.253. The molecule has 0 spiro atoms. The van der Waals surface area contributed by atoms with Crippen molar-refractivity contribution in [2.24, 2.45) is 0 Å². The van der Waals surface area contributed by atoms with Crippen LogP contribution in [0, 0.1) is 0 Å². The van der Waals surface area contributed by atoms with Crippen LogP contribution in [0.15, 0.2) is 25.3 Å². The normalized spacial score (nSPS) is 10.6. The minimum absolute atomic E-state index is 1.14. The average Bonchev–Trinajstić information content (AvgIpc) is 2.47. The molecule has 118 valence electrons. The molecule has 0 rings (SSSR count). The molecule has 0 aromatic carbocycles. The zero-order valence-electron chi connectivity index (χ0n) is 13.7. The Balaban J connectivity index is 2.92. The Bertz CT molecular complexity index is 176. The third kappa shape index (κ3) is 17.4. The van der Waals surface area contributed by atoms with E-state index in [-0.39, 0.29) is 0 Å². The second-order valence-corrected chi connectivity index (χ2v) is 5.79. The van der Waals surface area contributed by atoms with Gasteiger partial charge in [-0.1, -0.05) is 63.5 Å². The Morgan fingerprint density at radius 2 is 0.900 bits per heavy atom. The zero-order valence-corrected chi connectivity index (χ0v) is 13.7. The van der Waals surface area contributed by atoms with Gasteiger partial charge in [-0.25, -0.2) is 0 Å². The summed E-state index contributed by atoms with van der Waals surface area (Å²) >= 11 is 0. The van der Waals surface area contributed by atoms with Gasteiger partial charge in [0, 0.05) is 0 Å². The molecule has 1 heteroatoms. The monoisotopic (exact) mass is 279 g/mol. The lowest BCUT2D eigenvalue weighted by Gasteiger charge is -2.04. The highest BCUT2D eigenvalue weighted by Crippen LogP contribution is 2.11. The summed E-state index contributed by atoms with van der Waals surface area (Å²) in [6.07, 6.45) is 21.7. The molecule has 0 heterocycles. The fraction of sp³-hybridized carbons (Fsp3) is 0.789. The summed E-state index contributed by atoms with van der Waals surface area (Å²) in [5.41, 5.74) is 0. The summed E-state index contributed by atoms with van der Waals surface area (Å²) in [6.45, 7) is 9.84. The van der Waals surface area contributed by atoms with E-state index >= 15 is 0 Å². The maximum atomic E-state index is 3.76. The van der Waals surface area contributed by atoms with Crippen molar-refractivity contribution in [3.05, 3.63) is 25.3 Å². The van der Waals surface area contributed by atoms with Gasteiger partial charge in [-0.2, -0.15) is 0 Å². The van der Waals surface area contributed by atoms with Crippen molar-refractivity contribution in [3.8, 4) is 0 Å². The van der Waals surface area contributed by atoms with Crippen molar-refractivity contribution in [1.29, 1.82) is 0 Å². The molecule has 0 bridgehead atoms. The predicted molar refractivity (Wildman–Crippen MR) is 93.3 cm³/mol. The Kier molecular flexibility index (Phi) is 17.9. The van der Waals surface area contributed by atoms with Crippen LogP contribution in [-0.2, 0) is 0 Å². The minimum atomic E-state index is 1.14. The van der Waals surface area contributed by atoms with E-state index in [0.29, 0.717) is 0 Å². The van der Waals surface area contributed by atoms with Gasteiger partial charge in [0.15, 0.2) is 0 Å². The van der Waals surface area contributed by atoms with Crippen molar-refractivity contribution in [2.45, 2.75) is 83.5 Å². The smallest absolute Gasteiger partial charge is 0.00460 e. The Morgan fingerprint density at radius 1 is 0.500 bits per heavy atom. The molecule has 0 radical (unpaired) electrons. The third-order valence-electron chi connectivity index (χ3n) is 3.77. The van der Waals surface area contributed by atoms with Crippen LogP contribution in [-0.4, -0.2) is 13.1 Å². The highest BCUT2D eigenvalue weighted by molar-refractivity contribution is 4.66. The summed E-state index contributed by atoms with van der Waals surface area (Å²) in [4.78, 5) is 0. The molecular formula is C19H37N. The van der Waals surface area contributed by atoms with Gasteiger partial charge in [0.05, 0.1) is 0 Å². The molecule has 0 aliphatic heterocycles. The topological polar surface area (TPSA) is 12.0 Å². The molecule has 0 aromatic heterocycles. The maximum absolute atomic E-state index is 3.76. The lowest BCUT2D eigenvalue weighted by Crippen LogP contribution is -2.16. The van der Waals surface area contributed by atoms with Crippen LogP contribution >= 0.6 is 0 Å². The molecule has 0 saturated heterocycles. The molecular weight excluding hydrogens is 242 g/mol. The molecule has 1 nitrogen and oxygen atoms in total. The Morgan fingerprint density at radius 3 is 1.45 bits per heavy atom. The SMILES string of the molecule is C=CCCCCCCCCCCCCNCCCC=C. The van der Waals surface area contributed by atoms with Crippen LogP contribution in [0.4, 0.5) is 0 Å². The van der Waals surface area contributed by atoms with E-state index in [1.165, 1.54) is 83.6 Å². The lowest BCUT2D eigenvalue weighted by atomic mass is 10.1. The van der Waals surface area contributed by atoms with E-state index in [9.17, 15) is 0 Å². The first-order valence-corrected chi connectivity index (χ1v) is 8.84. The molecule has 0 fully saturated rings. The molecule has 1 N–H and O–H groups in total. The summed E-state index contributed by atoms with van der Waals surface area (Å²) in [5, 5.41) is 3.50. The summed E-state index contributed by atoms with van der Waals surface area (Å²) in [5.74, 6) is 0. The van der Waals surface area contributed by atoms with Gasteiger partial charge in [0.2, 0.25) is 0 Å². The van der Waals surface area contributed by atoms with Gasteiger partial charge in [-0.15, -0.1) is 13.2 Å².